The average Bonchev–Trinajstić information content (AvgIpc) is 2.74. The number of hydrogen-bond donors (Lipinski definition) is 2. The molecule has 5 heteroatoms. The van der Waals surface area contributed by atoms with Gasteiger partial charge in [-0.1, -0.05) is 30.3 Å². The largest absolute Gasteiger partial charge is 0.367 e. The molecule has 2 N–H and O–H groups in total. The molecule has 0 saturated carbocycles. The first-order chi connectivity index (χ1) is 8.74. The van der Waals surface area contributed by atoms with E-state index in [4.69, 9.17) is 4.74 Å². The van der Waals surface area contributed by atoms with Gasteiger partial charge in [0.2, 0.25) is 0 Å². The van der Waals surface area contributed by atoms with Gasteiger partial charge in [0, 0.05) is 6.42 Å². The highest BCUT2D eigenvalue weighted by atomic mass is 16.5. The van der Waals surface area contributed by atoms with Crippen molar-refractivity contribution in [3.05, 3.63) is 68.0 Å². The van der Waals surface area contributed by atoms with Gasteiger partial charge in [-0.25, -0.2) is 4.79 Å². The van der Waals surface area contributed by atoms with Crippen LogP contribution >= 0.6 is 0 Å². The molecule has 1 aromatic carbocycles. The molecule has 92 valence electrons. The van der Waals surface area contributed by atoms with Crippen LogP contribution < -0.4 is 11.2 Å². The van der Waals surface area contributed by atoms with Gasteiger partial charge in [-0.15, -0.1) is 0 Å². The number of aromatic amines is 2. The Bertz CT molecular complexity index is 673. The number of aromatic nitrogens is 2. The smallest absolute Gasteiger partial charge is 0.325 e. The summed E-state index contributed by atoms with van der Waals surface area (Å²) in [6, 6.07) is 9.83. The van der Waals surface area contributed by atoms with E-state index in [-0.39, 0.29) is 18.3 Å². The van der Waals surface area contributed by atoms with Gasteiger partial charge < -0.3 is 9.72 Å². The summed E-state index contributed by atoms with van der Waals surface area (Å²) < 4.78 is 5.57. The van der Waals surface area contributed by atoms with Crippen LogP contribution in [-0.2, 0) is 17.8 Å². The molecule has 2 heterocycles. The van der Waals surface area contributed by atoms with E-state index in [1.807, 2.05) is 30.3 Å². The van der Waals surface area contributed by atoms with E-state index in [2.05, 4.69) is 9.97 Å². The fourth-order valence-electron chi connectivity index (χ4n) is 2.20. The molecular formula is C13H12N2O3. The van der Waals surface area contributed by atoms with Crippen molar-refractivity contribution in [3.8, 4) is 0 Å². The summed E-state index contributed by atoms with van der Waals surface area (Å²) in [5.74, 6) is 0. The molecule has 5 nitrogen and oxygen atoms in total. The van der Waals surface area contributed by atoms with Crippen LogP contribution in [0.5, 0.6) is 0 Å². The fourth-order valence-corrected chi connectivity index (χ4v) is 2.20. The molecule has 1 aliphatic rings. The van der Waals surface area contributed by atoms with E-state index in [1.165, 1.54) is 0 Å². The highest BCUT2D eigenvalue weighted by molar-refractivity contribution is 5.25. The molecule has 2 aromatic rings. The average molecular weight is 244 g/mol. The molecule has 1 aliphatic heterocycles. The van der Waals surface area contributed by atoms with Crippen LogP contribution in [0.4, 0.5) is 0 Å². The standard InChI is InChI=1S/C13H12N2O3/c16-12-9-7-18-10(11(9)14-13(17)15-12)6-8-4-2-1-3-5-8/h1-5,10H,6-7H2,(H2,14,15,16,17)/t10-/m0/s1. The molecule has 0 fully saturated rings. The second kappa shape index (κ2) is 4.27. The molecule has 0 amide bonds. The lowest BCUT2D eigenvalue weighted by atomic mass is 10.0. The molecule has 0 unspecified atom stereocenters. The second-order valence-corrected chi connectivity index (χ2v) is 4.29. The van der Waals surface area contributed by atoms with Gasteiger partial charge in [-0.05, 0) is 5.56 Å². The molecule has 0 spiro atoms. The SMILES string of the molecule is O=c1[nH]c2c(c(=O)[nH]1)CO[C@H]2Cc1ccccc1. The van der Waals surface area contributed by atoms with Crippen LogP contribution in [0, 0.1) is 0 Å². The summed E-state index contributed by atoms with van der Waals surface area (Å²) in [4.78, 5) is 27.7. The lowest BCUT2D eigenvalue weighted by molar-refractivity contribution is 0.0645. The third-order valence-corrected chi connectivity index (χ3v) is 3.09. The predicted octanol–water partition coefficient (Wildman–Crippen LogP) is 0.877. The van der Waals surface area contributed by atoms with Crippen LogP contribution in [0.15, 0.2) is 39.9 Å². The van der Waals surface area contributed by atoms with Crippen LogP contribution in [-0.4, -0.2) is 9.97 Å². The van der Waals surface area contributed by atoms with Gasteiger partial charge in [0.15, 0.2) is 0 Å². The molecule has 18 heavy (non-hydrogen) atoms. The Hall–Kier alpha value is -2.14. The Morgan fingerprint density at radius 1 is 1.17 bits per heavy atom. The van der Waals surface area contributed by atoms with Crippen molar-refractivity contribution in [1.29, 1.82) is 0 Å². The summed E-state index contributed by atoms with van der Waals surface area (Å²) in [7, 11) is 0. The Labute approximate surface area is 102 Å². The molecule has 1 aromatic heterocycles. The van der Waals surface area contributed by atoms with Crippen molar-refractivity contribution in [3.63, 3.8) is 0 Å². The molecule has 1 atom stereocenters. The number of H-pyrrole nitrogens is 2. The van der Waals surface area contributed by atoms with Crippen molar-refractivity contribution < 1.29 is 4.74 Å². The van der Waals surface area contributed by atoms with Crippen molar-refractivity contribution in [1.82, 2.24) is 9.97 Å². The molecule has 0 bridgehead atoms. The molecule has 0 saturated heterocycles. The van der Waals surface area contributed by atoms with Gasteiger partial charge in [-0.3, -0.25) is 9.78 Å². The number of hydrogen-bond acceptors (Lipinski definition) is 3. The minimum Gasteiger partial charge on any atom is -0.367 e. The minimum atomic E-state index is -0.484. The summed E-state index contributed by atoms with van der Waals surface area (Å²) >= 11 is 0. The van der Waals surface area contributed by atoms with E-state index in [1.54, 1.807) is 0 Å². The third-order valence-electron chi connectivity index (χ3n) is 3.09. The van der Waals surface area contributed by atoms with Gasteiger partial charge in [0.25, 0.3) is 5.56 Å². The van der Waals surface area contributed by atoms with Crippen LogP contribution in [0.3, 0.4) is 0 Å². The zero-order valence-electron chi connectivity index (χ0n) is 9.60. The fraction of sp³-hybridized carbons (Fsp3) is 0.231. The zero-order valence-corrected chi connectivity index (χ0v) is 9.60. The third kappa shape index (κ3) is 1.89. The summed E-state index contributed by atoms with van der Waals surface area (Å²) in [6.45, 7) is 0.249. The van der Waals surface area contributed by atoms with Gasteiger partial charge in [-0.2, -0.15) is 0 Å². The van der Waals surface area contributed by atoms with Gasteiger partial charge in [0.05, 0.1) is 17.9 Å². The Balaban J connectivity index is 1.96. The van der Waals surface area contributed by atoms with E-state index in [0.29, 0.717) is 17.7 Å². The van der Waals surface area contributed by atoms with Gasteiger partial charge in [0.1, 0.15) is 6.10 Å². The number of fused-ring (bicyclic) bond motifs is 1. The highest BCUT2D eigenvalue weighted by Gasteiger charge is 2.27. The first-order valence-corrected chi connectivity index (χ1v) is 5.75. The highest BCUT2D eigenvalue weighted by Crippen LogP contribution is 2.28. The Kier molecular flexibility index (Phi) is 2.60. The minimum absolute atomic E-state index is 0.249. The van der Waals surface area contributed by atoms with Gasteiger partial charge >= 0.3 is 5.69 Å². The maximum Gasteiger partial charge on any atom is 0.325 e. The van der Waals surface area contributed by atoms with Crippen LogP contribution in [0.25, 0.3) is 0 Å². The van der Waals surface area contributed by atoms with Crippen molar-refractivity contribution in [2.75, 3.05) is 0 Å². The van der Waals surface area contributed by atoms with E-state index >= 15 is 0 Å². The molecule has 0 radical (unpaired) electrons. The quantitative estimate of drug-likeness (QED) is 0.823. The van der Waals surface area contributed by atoms with Crippen molar-refractivity contribution in [2.45, 2.75) is 19.1 Å². The first-order valence-electron chi connectivity index (χ1n) is 5.75. The van der Waals surface area contributed by atoms with Crippen molar-refractivity contribution in [2.24, 2.45) is 0 Å². The summed E-state index contributed by atoms with van der Waals surface area (Å²) in [5, 5.41) is 0. The lowest BCUT2D eigenvalue weighted by Crippen LogP contribution is -2.26. The van der Waals surface area contributed by atoms with Crippen LogP contribution in [0.2, 0.25) is 0 Å². The molecule has 3 rings (SSSR count). The lowest BCUT2D eigenvalue weighted by Gasteiger charge is -2.10. The topological polar surface area (TPSA) is 75.0 Å². The maximum atomic E-state index is 11.6. The normalized spacial score (nSPS) is 17.7. The van der Waals surface area contributed by atoms with E-state index in [9.17, 15) is 9.59 Å². The predicted molar refractivity (Wildman–Crippen MR) is 65.4 cm³/mol. The molecule has 0 aliphatic carbocycles. The van der Waals surface area contributed by atoms with E-state index < -0.39 is 5.69 Å². The summed E-state index contributed by atoms with van der Waals surface area (Å²) in [5.41, 5.74) is 1.39. The first kappa shape index (κ1) is 11.0. The Morgan fingerprint density at radius 3 is 2.72 bits per heavy atom. The number of benzene rings is 1. The Morgan fingerprint density at radius 2 is 1.94 bits per heavy atom. The summed E-state index contributed by atoms with van der Waals surface area (Å²) in [6.07, 6.45) is 0.394. The number of rotatable bonds is 2. The van der Waals surface area contributed by atoms with E-state index in [0.717, 1.165) is 5.56 Å². The molecular weight excluding hydrogens is 232 g/mol. The zero-order chi connectivity index (χ0) is 12.5. The number of nitrogens with one attached hydrogen (secondary N) is 2. The number of ether oxygens (including phenoxy) is 1. The van der Waals surface area contributed by atoms with Crippen molar-refractivity contribution >= 4 is 0 Å². The van der Waals surface area contributed by atoms with Crippen LogP contribution in [0.1, 0.15) is 22.9 Å². The monoisotopic (exact) mass is 244 g/mol. The maximum absolute atomic E-state index is 11.6. The second-order valence-electron chi connectivity index (χ2n) is 4.29.